The third kappa shape index (κ3) is 4.60. The van der Waals surface area contributed by atoms with Crippen LogP contribution in [0.1, 0.15) is 38.7 Å². The van der Waals surface area contributed by atoms with Gasteiger partial charge in [0, 0.05) is 0 Å². The number of rotatable bonds is 7. The molecule has 0 aliphatic carbocycles. The van der Waals surface area contributed by atoms with E-state index in [2.05, 4.69) is 0 Å². The molecule has 0 saturated carbocycles. The minimum atomic E-state index is -3.84. The molecular formula is C14H22O4S. The number of hydrogen-bond donors (Lipinski definition) is 1. The number of benzene rings is 1. The molecule has 0 saturated heterocycles. The number of aryl methyl sites for hydroxylation is 1. The Hall–Kier alpha value is -0.910. The van der Waals surface area contributed by atoms with Gasteiger partial charge in [-0.3, -0.25) is 4.18 Å². The third-order valence-electron chi connectivity index (χ3n) is 3.01. The van der Waals surface area contributed by atoms with E-state index in [-0.39, 0.29) is 11.5 Å². The summed E-state index contributed by atoms with van der Waals surface area (Å²) >= 11 is 0. The van der Waals surface area contributed by atoms with E-state index in [0.717, 1.165) is 18.4 Å². The van der Waals surface area contributed by atoms with Gasteiger partial charge < -0.3 is 5.11 Å². The summed E-state index contributed by atoms with van der Waals surface area (Å²) in [6.45, 7) is 5.19. The largest absolute Gasteiger partial charge is 0.393 e. The fourth-order valence-electron chi connectivity index (χ4n) is 1.72. The van der Waals surface area contributed by atoms with Crippen LogP contribution in [0.4, 0.5) is 0 Å². The van der Waals surface area contributed by atoms with Crippen LogP contribution < -0.4 is 0 Å². The standard InChI is InChI=1S/C14H22O4S/c1-4-5-10-14(3,11-15)18-19(16,17)13-8-6-12(2)7-9-13/h6-9,15H,4-5,10-11H2,1-3H3/t14-/m0/s1. The smallest absolute Gasteiger partial charge is 0.297 e. The van der Waals surface area contributed by atoms with Crippen LogP contribution in [-0.2, 0) is 14.3 Å². The number of aliphatic hydroxyl groups is 1. The van der Waals surface area contributed by atoms with Gasteiger partial charge in [-0.15, -0.1) is 0 Å². The summed E-state index contributed by atoms with van der Waals surface area (Å²) in [5.41, 5.74) is -0.0745. The van der Waals surface area contributed by atoms with Crippen molar-refractivity contribution >= 4 is 10.1 Å². The molecule has 5 heteroatoms. The Bertz CT molecular complexity index is 493. The van der Waals surface area contributed by atoms with E-state index in [4.69, 9.17) is 4.18 Å². The zero-order valence-corrected chi connectivity index (χ0v) is 12.5. The average Bonchev–Trinajstić information content (AvgIpc) is 2.36. The fraction of sp³-hybridized carbons (Fsp3) is 0.571. The zero-order valence-electron chi connectivity index (χ0n) is 11.7. The van der Waals surface area contributed by atoms with Crippen LogP contribution in [0.3, 0.4) is 0 Å². The predicted octanol–water partition coefficient (Wildman–Crippen LogP) is 2.64. The van der Waals surface area contributed by atoms with Gasteiger partial charge in [-0.05, 0) is 32.4 Å². The third-order valence-corrected chi connectivity index (χ3v) is 4.49. The van der Waals surface area contributed by atoms with Gasteiger partial charge in [0.05, 0.1) is 11.5 Å². The van der Waals surface area contributed by atoms with Crippen molar-refractivity contribution in [3.05, 3.63) is 29.8 Å². The molecule has 1 atom stereocenters. The van der Waals surface area contributed by atoms with Gasteiger partial charge in [-0.1, -0.05) is 37.5 Å². The molecule has 0 bridgehead atoms. The Morgan fingerprint density at radius 3 is 2.32 bits per heavy atom. The molecular weight excluding hydrogens is 264 g/mol. The van der Waals surface area contributed by atoms with Crippen molar-refractivity contribution < 1.29 is 17.7 Å². The van der Waals surface area contributed by atoms with Gasteiger partial charge >= 0.3 is 0 Å². The van der Waals surface area contributed by atoms with Crippen molar-refractivity contribution in [3.63, 3.8) is 0 Å². The lowest BCUT2D eigenvalue weighted by Gasteiger charge is -2.26. The van der Waals surface area contributed by atoms with Crippen LogP contribution in [0.15, 0.2) is 29.2 Å². The highest BCUT2D eigenvalue weighted by molar-refractivity contribution is 7.86. The van der Waals surface area contributed by atoms with Crippen molar-refractivity contribution in [2.75, 3.05) is 6.61 Å². The molecule has 0 spiro atoms. The minimum absolute atomic E-state index is 0.120. The highest BCUT2D eigenvalue weighted by atomic mass is 32.2. The molecule has 0 aromatic heterocycles. The van der Waals surface area contributed by atoms with Gasteiger partial charge in [-0.25, -0.2) is 0 Å². The molecule has 1 aromatic rings. The molecule has 4 nitrogen and oxygen atoms in total. The molecule has 0 aliphatic rings. The number of aliphatic hydroxyl groups excluding tert-OH is 1. The Balaban J connectivity index is 2.91. The van der Waals surface area contributed by atoms with Crippen molar-refractivity contribution in [2.24, 2.45) is 0 Å². The van der Waals surface area contributed by atoms with Gasteiger partial charge in [0.25, 0.3) is 10.1 Å². The van der Waals surface area contributed by atoms with E-state index in [1.165, 1.54) is 12.1 Å². The summed E-state index contributed by atoms with van der Waals surface area (Å²) in [7, 11) is -3.84. The van der Waals surface area contributed by atoms with Crippen LogP contribution in [-0.4, -0.2) is 25.7 Å². The maximum Gasteiger partial charge on any atom is 0.297 e. The fourth-order valence-corrected chi connectivity index (χ4v) is 2.95. The van der Waals surface area contributed by atoms with Gasteiger partial charge in [-0.2, -0.15) is 8.42 Å². The summed E-state index contributed by atoms with van der Waals surface area (Å²) in [6, 6.07) is 6.47. The van der Waals surface area contributed by atoms with Crippen molar-refractivity contribution in [1.29, 1.82) is 0 Å². The molecule has 0 fully saturated rings. The van der Waals surface area contributed by atoms with Crippen LogP contribution in [0.25, 0.3) is 0 Å². The summed E-state index contributed by atoms with van der Waals surface area (Å²) in [5.74, 6) is 0. The molecule has 1 aromatic carbocycles. The van der Waals surface area contributed by atoms with E-state index in [1.54, 1.807) is 19.1 Å². The second kappa shape index (κ2) is 6.50. The summed E-state index contributed by atoms with van der Waals surface area (Å²) in [6.07, 6.45) is 2.23. The lowest BCUT2D eigenvalue weighted by Crippen LogP contribution is -2.35. The molecule has 19 heavy (non-hydrogen) atoms. The van der Waals surface area contributed by atoms with E-state index in [0.29, 0.717) is 6.42 Å². The summed E-state index contributed by atoms with van der Waals surface area (Å²) in [5, 5.41) is 9.38. The Morgan fingerprint density at radius 1 is 1.26 bits per heavy atom. The molecule has 0 radical (unpaired) electrons. The maximum atomic E-state index is 12.1. The molecule has 1 rings (SSSR count). The van der Waals surface area contributed by atoms with Crippen LogP contribution >= 0.6 is 0 Å². The van der Waals surface area contributed by atoms with Crippen LogP contribution in [0.5, 0.6) is 0 Å². The van der Waals surface area contributed by atoms with E-state index < -0.39 is 15.7 Å². The normalized spacial score (nSPS) is 15.2. The van der Waals surface area contributed by atoms with Crippen LogP contribution in [0, 0.1) is 6.92 Å². The summed E-state index contributed by atoms with van der Waals surface area (Å²) in [4.78, 5) is 0.120. The van der Waals surface area contributed by atoms with Crippen molar-refractivity contribution in [2.45, 2.75) is 50.5 Å². The second-order valence-electron chi connectivity index (χ2n) is 5.06. The molecule has 1 N–H and O–H groups in total. The highest BCUT2D eigenvalue weighted by Gasteiger charge is 2.31. The molecule has 0 heterocycles. The lowest BCUT2D eigenvalue weighted by molar-refractivity contribution is 0.0219. The summed E-state index contributed by atoms with van der Waals surface area (Å²) < 4.78 is 29.5. The van der Waals surface area contributed by atoms with E-state index in [9.17, 15) is 13.5 Å². The highest BCUT2D eigenvalue weighted by Crippen LogP contribution is 2.25. The first kappa shape index (κ1) is 16.1. The first-order valence-corrected chi connectivity index (χ1v) is 7.87. The Kier molecular flexibility index (Phi) is 5.52. The molecule has 0 unspecified atom stereocenters. The quantitative estimate of drug-likeness (QED) is 0.783. The van der Waals surface area contributed by atoms with E-state index in [1.807, 2.05) is 13.8 Å². The predicted molar refractivity (Wildman–Crippen MR) is 74.5 cm³/mol. The maximum absolute atomic E-state index is 12.1. The van der Waals surface area contributed by atoms with Gasteiger partial charge in [0.2, 0.25) is 0 Å². The monoisotopic (exact) mass is 286 g/mol. The molecule has 0 aliphatic heterocycles. The van der Waals surface area contributed by atoms with Gasteiger partial charge in [0.1, 0.15) is 5.60 Å². The Labute approximate surface area is 115 Å². The van der Waals surface area contributed by atoms with Crippen LogP contribution in [0.2, 0.25) is 0 Å². The van der Waals surface area contributed by atoms with Crippen molar-refractivity contribution in [1.82, 2.24) is 0 Å². The lowest BCUT2D eigenvalue weighted by atomic mass is 10.0. The first-order valence-electron chi connectivity index (χ1n) is 6.46. The molecule has 108 valence electrons. The minimum Gasteiger partial charge on any atom is -0.393 e. The average molecular weight is 286 g/mol. The number of unbranched alkanes of at least 4 members (excludes halogenated alkanes) is 1. The van der Waals surface area contributed by atoms with E-state index >= 15 is 0 Å². The zero-order chi connectivity index (χ0) is 14.5. The Morgan fingerprint density at radius 2 is 1.84 bits per heavy atom. The SMILES string of the molecule is CCCC[C@@](C)(CO)OS(=O)(=O)c1ccc(C)cc1. The second-order valence-corrected chi connectivity index (χ2v) is 6.61. The number of hydrogen-bond acceptors (Lipinski definition) is 4. The van der Waals surface area contributed by atoms with Crippen molar-refractivity contribution in [3.8, 4) is 0 Å². The van der Waals surface area contributed by atoms with Gasteiger partial charge in [0.15, 0.2) is 0 Å². The molecule has 0 amide bonds. The first-order chi connectivity index (χ1) is 8.83. The topological polar surface area (TPSA) is 63.6 Å².